The summed E-state index contributed by atoms with van der Waals surface area (Å²) in [4.78, 5) is 35.5. The molecule has 1 aliphatic heterocycles. The van der Waals surface area contributed by atoms with E-state index < -0.39 is 5.91 Å². The molecular formula is C12H10Cl2N2O3. The van der Waals surface area contributed by atoms with Gasteiger partial charge in [-0.15, -0.1) is 0 Å². The average molecular weight is 301 g/mol. The largest absolute Gasteiger partial charge is 0.322 e. The number of hydrogen-bond donors (Lipinski definition) is 1. The Morgan fingerprint density at radius 1 is 1.16 bits per heavy atom. The second-order valence-electron chi connectivity index (χ2n) is 4.02. The van der Waals surface area contributed by atoms with Gasteiger partial charge in [-0.3, -0.25) is 19.3 Å². The SMILES string of the molecule is O=C(CN1C(=O)CCC1=O)Nc1c(Cl)cccc1Cl. The molecule has 0 unspecified atom stereocenters. The molecule has 100 valence electrons. The number of likely N-dealkylation sites (tertiary alicyclic amines) is 1. The number of halogens is 2. The highest BCUT2D eigenvalue weighted by molar-refractivity contribution is 6.39. The maximum Gasteiger partial charge on any atom is 0.244 e. The summed E-state index contributed by atoms with van der Waals surface area (Å²) < 4.78 is 0. The van der Waals surface area contributed by atoms with Gasteiger partial charge in [-0.05, 0) is 12.1 Å². The Bertz CT molecular complexity index is 524. The van der Waals surface area contributed by atoms with Gasteiger partial charge in [0.1, 0.15) is 6.54 Å². The van der Waals surface area contributed by atoms with Crippen LogP contribution in [-0.4, -0.2) is 29.2 Å². The van der Waals surface area contributed by atoms with Crippen LogP contribution in [0.15, 0.2) is 18.2 Å². The Kier molecular flexibility index (Phi) is 4.07. The van der Waals surface area contributed by atoms with Gasteiger partial charge in [0.15, 0.2) is 0 Å². The second-order valence-corrected chi connectivity index (χ2v) is 4.83. The van der Waals surface area contributed by atoms with Gasteiger partial charge in [-0.25, -0.2) is 0 Å². The van der Waals surface area contributed by atoms with Crippen LogP contribution in [0.3, 0.4) is 0 Å². The zero-order valence-corrected chi connectivity index (χ0v) is 11.3. The highest BCUT2D eigenvalue weighted by Crippen LogP contribution is 2.29. The zero-order chi connectivity index (χ0) is 14.0. The van der Waals surface area contributed by atoms with Crippen molar-refractivity contribution in [2.75, 3.05) is 11.9 Å². The van der Waals surface area contributed by atoms with E-state index in [1.807, 2.05) is 0 Å². The summed E-state index contributed by atoms with van der Waals surface area (Å²) in [5.74, 6) is -1.20. The smallest absolute Gasteiger partial charge is 0.244 e. The number of carbonyl (C=O) groups is 3. The molecule has 1 saturated heterocycles. The standard InChI is InChI=1S/C12H10Cl2N2O3/c13-7-2-1-3-8(14)12(7)15-9(17)6-16-10(18)4-5-11(16)19/h1-3H,4-6H2,(H,15,17). The van der Waals surface area contributed by atoms with Gasteiger partial charge in [-0.1, -0.05) is 29.3 Å². The Labute approximate surface area is 119 Å². The van der Waals surface area contributed by atoms with Crippen molar-refractivity contribution >= 4 is 46.6 Å². The first kappa shape index (κ1) is 13.8. The Morgan fingerprint density at radius 3 is 2.21 bits per heavy atom. The first-order valence-electron chi connectivity index (χ1n) is 5.56. The van der Waals surface area contributed by atoms with E-state index in [0.29, 0.717) is 10.0 Å². The summed E-state index contributed by atoms with van der Waals surface area (Å²) in [6.45, 7) is -0.320. The Balaban J connectivity index is 2.06. The van der Waals surface area contributed by atoms with E-state index in [0.717, 1.165) is 4.90 Å². The molecule has 0 atom stereocenters. The van der Waals surface area contributed by atoms with E-state index in [2.05, 4.69) is 5.32 Å². The second kappa shape index (κ2) is 5.59. The lowest BCUT2D eigenvalue weighted by Gasteiger charge is -2.14. The van der Waals surface area contributed by atoms with E-state index in [1.165, 1.54) is 0 Å². The van der Waals surface area contributed by atoms with Gasteiger partial charge >= 0.3 is 0 Å². The molecule has 1 aliphatic rings. The number of para-hydroxylation sites is 1. The van der Waals surface area contributed by atoms with Crippen molar-refractivity contribution in [3.63, 3.8) is 0 Å². The summed E-state index contributed by atoms with van der Waals surface area (Å²) >= 11 is 11.8. The molecule has 0 aromatic heterocycles. The molecular weight excluding hydrogens is 291 g/mol. The van der Waals surface area contributed by atoms with Gasteiger partial charge in [0.2, 0.25) is 17.7 Å². The molecule has 0 aliphatic carbocycles. The quantitative estimate of drug-likeness (QED) is 0.869. The Hall–Kier alpha value is -1.59. The van der Waals surface area contributed by atoms with Gasteiger partial charge in [0.05, 0.1) is 15.7 Å². The fourth-order valence-electron chi connectivity index (χ4n) is 1.74. The zero-order valence-electron chi connectivity index (χ0n) is 9.78. The third-order valence-corrected chi connectivity index (χ3v) is 3.31. The molecule has 0 bridgehead atoms. The van der Waals surface area contributed by atoms with E-state index in [-0.39, 0.29) is 36.9 Å². The minimum atomic E-state index is -0.515. The van der Waals surface area contributed by atoms with Crippen molar-refractivity contribution in [2.45, 2.75) is 12.8 Å². The van der Waals surface area contributed by atoms with E-state index >= 15 is 0 Å². The number of imide groups is 1. The molecule has 0 radical (unpaired) electrons. The Morgan fingerprint density at radius 2 is 1.68 bits per heavy atom. The molecule has 1 fully saturated rings. The van der Waals surface area contributed by atoms with Crippen molar-refractivity contribution in [3.8, 4) is 0 Å². The van der Waals surface area contributed by atoms with Crippen LogP contribution in [-0.2, 0) is 14.4 Å². The van der Waals surface area contributed by atoms with E-state index in [4.69, 9.17) is 23.2 Å². The molecule has 1 aromatic rings. The fraction of sp³-hybridized carbons (Fsp3) is 0.250. The van der Waals surface area contributed by atoms with Crippen molar-refractivity contribution in [3.05, 3.63) is 28.2 Å². The third-order valence-electron chi connectivity index (χ3n) is 2.68. The minimum absolute atomic E-state index is 0.152. The highest BCUT2D eigenvalue weighted by atomic mass is 35.5. The number of nitrogens with zero attached hydrogens (tertiary/aromatic N) is 1. The first-order chi connectivity index (χ1) is 8.99. The van der Waals surface area contributed by atoms with Crippen LogP contribution in [0.1, 0.15) is 12.8 Å². The van der Waals surface area contributed by atoms with Crippen LogP contribution in [0.4, 0.5) is 5.69 Å². The lowest BCUT2D eigenvalue weighted by molar-refractivity contribution is -0.141. The van der Waals surface area contributed by atoms with Gasteiger partial charge in [0, 0.05) is 12.8 Å². The van der Waals surface area contributed by atoms with Crippen molar-refractivity contribution in [2.24, 2.45) is 0 Å². The fourth-order valence-corrected chi connectivity index (χ4v) is 2.23. The third kappa shape index (κ3) is 3.05. The predicted molar refractivity (Wildman–Crippen MR) is 71.0 cm³/mol. The minimum Gasteiger partial charge on any atom is -0.322 e. The van der Waals surface area contributed by atoms with Crippen LogP contribution in [0.25, 0.3) is 0 Å². The lowest BCUT2D eigenvalue weighted by atomic mass is 10.3. The molecule has 3 amide bonds. The molecule has 2 rings (SSSR count). The topological polar surface area (TPSA) is 66.5 Å². The summed E-state index contributed by atoms with van der Waals surface area (Å²) in [5.41, 5.74) is 0.273. The number of anilines is 1. The van der Waals surface area contributed by atoms with Crippen molar-refractivity contribution in [1.82, 2.24) is 4.90 Å². The molecule has 19 heavy (non-hydrogen) atoms. The number of nitrogens with one attached hydrogen (secondary N) is 1. The van der Waals surface area contributed by atoms with Crippen LogP contribution in [0.5, 0.6) is 0 Å². The van der Waals surface area contributed by atoms with Crippen molar-refractivity contribution < 1.29 is 14.4 Å². The highest BCUT2D eigenvalue weighted by Gasteiger charge is 2.30. The summed E-state index contributed by atoms with van der Waals surface area (Å²) in [6, 6.07) is 4.80. The van der Waals surface area contributed by atoms with E-state index in [9.17, 15) is 14.4 Å². The molecule has 0 saturated carbocycles. The maximum absolute atomic E-state index is 11.8. The van der Waals surface area contributed by atoms with Crippen LogP contribution >= 0.6 is 23.2 Å². The molecule has 7 heteroatoms. The number of carbonyl (C=O) groups excluding carboxylic acids is 3. The average Bonchev–Trinajstić information content (AvgIpc) is 2.66. The number of rotatable bonds is 3. The van der Waals surface area contributed by atoms with Crippen LogP contribution in [0.2, 0.25) is 10.0 Å². The summed E-state index contributed by atoms with van der Waals surface area (Å²) in [6.07, 6.45) is 0.303. The van der Waals surface area contributed by atoms with Crippen LogP contribution < -0.4 is 5.32 Å². The molecule has 0 spiro atoms. The van der Waals surface area contributed by atoms with Crippen molar-refractivity contribution in [1.29, 1.82) is 0 Å². The lowest BCUT2D eigenvalue weighted by Crippen LogP contribution is -2.36. The number of hydrogen-bond acceptors (Lipinski definition) is 3. The summed E-state index contributed by atoms with van der Waals surface area (Å²) in [5, 5.41) is 3.08. The molecule has 1 aromatic carbocycles. The van der Waals surface area contributed by atoms with Gasteiger partial charge < -0.3 is 5.32 Å². The molecule has 5 nitrogen and oxygen atoms in total. The van der Waals surface area contributed by atoms with E-state index in [1.54, 1.807) is 18.2 Å². The van der Waals surface area contributed by atoms with Crippen LogP contribution in [0, 0.1) is 0 Å². The number of benzene rings is 1. The summed E-state index contributed by atoms with van der Waals surface area (Å²) in [7, 11) is 0. The molecule has 1 N–H and O–H groups in total. The monoisotopic (exact) mass is 300 g/mol. The predicted octanol–water partition coefficient (Wildman–Crippen LogP) is 2.08. The van der Waals surface area contributed by atoms with Gasteiger partial charge in [0.25, 0.3) is 0 Å². The normalized spacial score (nSPS) is 14.9. The number of amides is 3. The maximum atomic E-state index is 11.8. The molecule has 1 heterocycles. The van der Waals surface area contributed by atoms with Gasteiger partial charge in [-0.2, -0.15) is 0 Å². The first-order valence-corrected chi connectivity index (χ1v) is 6.31.